The number of hydrogen-bond acceptors (Lipinski definition) is 4. The topological polar surface area (TPSA) is 88.4 Å². The molecule has 1 heterocycles. The van der Waals surface area contributed by atoms with Crippen LogP contribution in [0.5, 0.6) is 0 Å². The van der Waals surface area contributed by atoms with Crippen molar-refractivity contribution in [3.8, 4) is 0 Å². The van der Waals surface area contributed by atoms with Gasteiger partial charge in [-0.15, -0.1) is 0 Å². The minimum Gasteiger partial charge on any atom is -0.469 e. The average Bonchev–Trinajstić information content (AvgIpc) is 3.20. The lowest BCUT2D eigenvalue weighted by Gasteiger charge is -2.11. The third kappa shape index (κ3) is 5.15. The van der Waals surface area contributed by atoms with E-state index < -0.39 is 10.0 Å². The zero-order chi connectivity index (χ0) is 20.0. The van der Waals surface area contributed by atoms with Crippen LogP contribution in [0.3, 0.4) is 0 Å². The molecule has 0 atom stereocenters. The number of sulfonamides is 1. The molecule has 0 spiro atoms. The minimum atomic E-state index is -3.75. The van der Waals surface area contributed by atoms with Gasteiger partial charge in [0.1, 0.15) is 5.76 Å². The number of aryl methyl sites for hydroxylation is 1. The van der Waals surface area contributed by atoms with Gasteiger partial charge in [0.15, 0.2) is 0 Å². The van der Waals surface area contributed by atoms with Gasteiger partial charge in [-0.05, 0) is 48.9 Å². The second-order valence-electron chi connectivity index (χ2n) is 6.05. The van der Waals surface area contributed by atoms with Crippen LogP contribution in [0.4, 0.5) is 5.69 Å². The predicted octanol–water partition coefficient (Wildman–Crippen LogP) is 4.10. The number of nitrogens with one attached hydrogen (secondary N) is 2. The summed E-state index contributed by atoms with van der Waals surface area (Å²) in [5, 5.41) is 3.02. The molecule has 0 aliphatic rings. The van der Waals surface area contributed by atoms with E-state index in [-0.39, 0.29) is 27.1 Å². The monoisotopic (exact) mass is 418 g/mol. The lowest BCUT2D eigenvalue weighted by molar-refractivity contribution is 0.0953. The molecule has 3 rings (SSSR count). The fourth-order valence-corrected chi connectivity index (χ4v) is 3.87. The Bertz CT molecular complexity index is 1040. The summed E-state index contributed by atoms with van der Waals surface area (Å²) in [5.74, 6) is 0.481. The number of anilines is 1. The van der Waals surface area contributed by atoms with Crippen molar-refractivity contribution in [2.45, 2.75) is 17.7 Å². The van der Waals surface area contributed by atoms with Crippen LogP contribution in [-0.4, -0.2) is 20.9 Å². The van der Waals surface area contributed by atoms with Gasteiger partial charge in [0.25, 0.3) is 15.9 Å². The lowest BCUT2D eigenvalue weighted by Crippen LogP contribution is -2.25. The molecule has 6 nitrogen and oxygen atoms in total. The SMILES string of the molecule is O=C(NCCCc1ccco1)c1cc(NS(=O)(=O)c2ccccc2)ccc1Cl. The maximum Gasteiger partial charge on any atom is 0.261 e. The van der Waals surface area contributed by atoms with Crippen molar-refractivity contribution in [1.82, 2.24) is 5.32 Å². The molecule has 2 N–H and O–H groups in total. The Labute approximate surface area is 168 Å². The molecule has 0 radical (unpaired) electrons. The maximum absolute atomic E-state index is 12.4. The predicted molar refractivity (Wildman–Crippen MR) is 108 cm³/mol. The highest BCUT2D eigenvalue weighted by molar-refractivity contribution is 7.92. The molecule has 2 aromatic carbocycles. The molecule has 0 fully saturated rings. The number of furan rings is 1. The van der Waals surface area contributed by atoms with Crippen LogP contribution in [0.15, 0.2) is 76.2 Å². The van der Waals surface area contributed by atoms with Crippen molar-refractivity contribution in [1.29, 1.82) is 0 Å². The first-order chi connectivity index (χ1) is 13.5. The first-order valence-corrected chi connectivity index (χ1v) is 10.5. The molecular weight excluding hydrogens is 400 g/mol. The van der Waals surface area contributed by atoms with Gasteiger partial charge in [0, 0.05) is 18.7 Å². The second-order valence-corrected chi connectivity index (χ2v) is 8.14. The van der Waals surface area contributed by atoms with E-state index in [1.807, 2.05) is 12.1 Å². The Morgan fingerprint density at radius 3 is 2.54 bits per heavy atom. The van der Waals surface area contributed by atoms with Crippen LogP contribution >= 0.6 is 11.6 Å². The molecule has 0 aliphatic heterocycles. The van der Waals surface area contributed by atoms with Gasteiger partial charge in [-0.2, -0.15) is 0 Å². The van der Waals surface area contributed by atoms with E-state index in [1.54, 1.807) is 24.5 Å². The number of rotatable bonds is 8. The maximum atomic E-state index is 12.4. The van der Waals surface area contributed by atoms with Gasteiger partial charge in [-0.1, -0.05) is 29.8 Å². The Kier molecular flexibility index (Phi) is 6.38. The van der Waals surface area contributed by atoms with Crippen LogP contribution in [-0.2, 0) is 16.4 Å². The van der Waals surface area contributed by atoms with E-state index in [4.69, 9.17) is 16.0 Å². The Balaban J connectivity index is 1.64. The molecule has 0 saturated heterocycles. The molecule has 0 saturated carbocycles. The summed E-state index contributed by atoms with van der Waals surface area (Å²) in [4.78, 5) is 12.6. The van der Waals surface area contributed by atoms with Crippen LogP contribution in [0.1, 0.15) is 22.5 Å². The van der Waals surface area contributed by atoms with Crippen LogP contribution in [0.2, 0.25) is 5.02 Å². The van der Waals surface area contributed by atoms with E-state index in [2.05, 4.69) is 10.0 Å². The summed E-state index contributed by atoms with van der Waals surface area (Å²) < 4.78 is 32.6. The Hall–Kier alpha value is -2.77. The van der Waals surface area contributed by atoms with Gasteiger partial charge < -0.3 is 9.73 Å². The van der Waals surface area contributed by atoms with Crippen LogP contribution in [0.25, 0.3) is 0 Å². The zero-order valence-corrected chi connectivity index (χ0v) is 16.5. The summed E-state index contributed by atoms with van der Waals surface area (Å²) in [6.45, 7) is 0.440. The molecular formula is C20H19ClN2O4S. The Morgan fingerprint density at radius 1 is 1.04 bits per heavy atom. The van der Waals surface area contributed by atoms with Gasteiger partial charge in [0.05, 0.1) is 21.7 Å². The van der Waals surface area contributed by atoms with Crippen molar-refractivity contribution in [3.63, 3.8) is 0 Å². The number of amides is 1. The van der Waals surface area contributed by atoms with Crippen molar-refractivity contribution in [3.05, 3.63) is 83.3 Å². The summed E-state index contributed by atoms with van der Waals surface area (Å²) in [6, 6.07) is 16.1. The second kappa shape index (κ2) is 8.95. The molecule has 8 heteroatoms. The third-order valence-corrected chi connectivity index (χ3v) is 5.71. The average molecular weight is 419 g/mol. The number of hydrogen-bond donors (Lipinski definition) is 2. The third-order valence-electron chi connectivity index (χ3n) is 3.98. The lowest BCUT2D eigenvalue weighted by atomic mass is 10.2. The van der Waals surface area contributed by atoms with E-state index in [9.17, 15) is 13.2 Å². The van der Waals surface area contributed by atoms with Gasteiger partial charge in [0.2, 0.25) is 0 Å². The van der Waals surface area contributed by atoms with Gasteiger partial charge >= 0.3 is 0 Å². The molecule has 28 heavy (non-hydrogen) atoms. The van der Waals surface area contributed by atoms with Gasteiger partial charge in [-0.3, -0.25) is 9.52 Å². The van der Waals surface area contributed by atoms with E-state index in [0.29, 0.717) is 19.4 Å². The highest BCUT2D eigenvalue weighted by Gasteiger charge is 2.16. The molecule has 0 bridgehead atoms. The quantitative estimate of drug-likeness (QED) is 0.539. The first kappa shape index (κ1) is 20.0. The normalized spacial score (nSPS) is 11.2. The van der Waals surface area contributed by atoms with Crippen LogP contribution in [0, 0.1) is 0 Å². The first-order valence-electron chi connectivity index (χ1n) is 8.64. The minimum absolute atomic E-state index is 0.133. The van der Waals surface area contributed by atoms with Crippen LogP contribution < -0.4 is 10.0 Å². The number of carbonyl (C=O) groups excluding carboxylic acids is 1. The van der Waals surface area contributed by atoms with E-state index in [0.717, 1.165) is 5.76 Å². The van der Waals surface area contributed by atoms with E-state index >= 15 is 0 Å². The molecule has 0 aliphatic carbocycles. The summed E-state index contributed by atoms with van der Waals surface area (Å²) in [7, 11) is -3.75. The van der Waals surface area contributed by atoms with Crippen molar-refractivity contribution in [2.24, 2.45) is 0 Å². The highest BCUT2D eigenvalue weighted by Crippen LogP contribution is 2.23. The smallest absolute Gasteiger partial charge is 0.261 e. The fraction of sp³-hybridized carbons (Fsp3) is 0.150. The zero-order valence-electron chi connectivity index (χ0n) is 14.9. The van der Waals surface area contributed by atoms with Crippen molar-refractivity contribution >= 4 is 33.2 Å². The van der Waals surface area contributed by atoms with Crippen molar-refractivity contribution < 1.29 is 17.6 Å². The molecule has 1 aromatic heterocycles. The highest BCUT2D eigenvalue weighted by atomic mass is 35.5. The standard InChI is InChI=1S/C20H19ClN2O4S/c21-19-11-10-15(23-28(25,26)17-8-2-1-3-9-17)14-18(19)20(24)22-12-4-6-16-7-5-13-27-16/h1-3,5,7-11,13-14,23H,4,6,12H2,(H,22,24). The Morgan fingerprint density at radius 2 is 1.82 bits per heavy atom. The molecule has 3 aromatic rings. The van der Waals surface area contributed by atoms with E-state index in [1.165, 1.54) is 30.3 Å². The largest absolute Gasteiger partial charge is 0.469 e. The summed E-state index contributed by atoms with van der Waals surface area (Å²) in [5.41, 5.74) is 0.460. The fourth-order valence-electron chi connectivity index (χ4n) is 2.59. The summed E-state index contributed by atoms with van der Waals surface area (Å²) >= 11 is 6.12. The summed E-state index contributed by atoms with van der Waals surface area (Å²) in [6.07, 6.45) is 3.02. The molecule has 1 amide bonds. The molecule has 146 valence electrons. The number of benzene rings is 2. The number of carbonyl (C=O) groups is 1. The molecule has 0 unspecified atom stereocenters. The van der Waals surface area contributed by atoms with Gasteiger partial charge in [-0.25, -0.2) is 8.42 Å². The van der Waals surface area contributed by atoms with Crippen molar-refractivity contribution in [2.75, 3.05) is 11.3 Å². The number of halogens is 1.